The van der Waals surface area contributed by atoms with Gasteiger partial charge in [-0.15, -0.1) is 0 Å². The van der Waals surface area contributed by atoms with Crippen LogP contribution >= 0.6 is 0 Å². The molecule has 3 N–H and O–H groups in total. The molecule has 0 heterocycles. The summed E-state index contributed by atoms with van der Waals surface area (Å²) in [5, 5.41) is 2.73. The predicted octanol–water partition coefficient (Wildman–Crippen LogP) is 2.42. The van der Waals surface area contributed by atoms with Gasteiger partial charge < -0.3 is 20.5 Å². The Bertz CT molecular complexity index is 408. The van der Waals surface area contributed by atoms with Crippen molar-refractivity contribution in [2.24, 2.45) is 0 Å². The first-order valence-corrected chi connectivity index (χ1v) is 6.48. The Morgan fingerprint density at radius 3 is 2.79 bits per heavy atom. The van der Waals surface area contributed by atoms with E-state index in [0.29, 0.717) is 23.7 Å². The topological polar surface area (TPSA) is 73.6 Å². The minimum atomic E-state index is -0.180. The quantitative estimate of drug-likeness (QED) is 0.560. The maximum atomic E-state index is 11.6. The zero-order valence-corrected chi connectivity index (χ0v) is 11.6. The SMILES string of the molecule is CCCCCOCC(=O)Nc1ccc(OC)c(N)c1. The van der Waals surface area contributed by atoms with Gasteiger partial charge in [0.15, 0.2) is 0 Å². The molecule has 0 aromatic heterocycles. The molecule has 0 fully saturated rings. The molecule has 0 spiro atoms. The van der Waals surface area contributed by atoms with Gasteiger partial charge in [-0.2, -0.15) is 0 Å². The van der Waals surface area contributed by atoms with E-state index in [9.17, 15) is 4.79 Å². The molecule has 5 heteroatoms. The summed E-state index contributed by atoms with van der Waals surface area (Å²) in [7, 11) is 1.55. The average Bonchev–Trinajstić information content (AvgIpc) is 2.39. The van der Waals surface area contributed by atoms with Crippen molar-refractivity contribution in [2.75, 3.05) is 31.4 Å². The van der Waals surface area contributed by atoms with Crippen molar-refractivity contribution in [3.05, 3.63) is 18.2 Å². The summed E-state index contributed by atoms with van der Waals surface area (Å²) in [5.74, 6) is 0.412. The van der Waals surface area contributed by atoms with E-state index in [4.69, 9.17) is 15.2 Å². The molecule has 0 radical (unpaired) electrons. The van der Waals surface area contributed by atoms with Crippen LogP contribution in [-0.4, -0.2) is 26.2 Å². The zero-order valence-electron chi connectivity index (χ0n) is 11.6. The van der Waals surface area contributed by atoms with Crippen molar-refractivity contribution >= 4 is 17.3 Å². The molecule has 19 heavy (non-hydrogen) atoms. The number of carbonyl (C=O) groups excluding carboxylic acids is 1. The second-order valence-electron chi connectivity index (χ2n) is 4.26. The van der Waals surface area contributed by atoms with Crippen molar-refractivity contribution in [3.63, 3.8) is 0 Å². The molecule has 0 aliphatic carbocycles. The monoisotopic (exact) mass is 266 g/mol. The number of hydrogen-bond acceptors (Lipinski definition) is 4. The molecule has 1 rings (SSSR count). The Morgan fingerprint density at radius 1 is 1.37 bits per heavy atom. The van der Waals surface area contributed by atoms with Gasteiger partial charge in [0, 0.05) is 12.3 Å². The molecule has 5 nitrogen and oxygen atoms in total. The summed E-state index contributed by atoms with van der Waals surface area (Å²) in [5.41, 5.74) is 6.88. The number of carbonyl (C=O) groups is 1. The van der Waals surface area contributed by atoms with Crippen molar-refractivity contribution < 1.29 is 14.3 Å². The lowest BCUT2D eigenvalue weighted by Gasteiger charge is -2.09. The highest BCUT2D eigenvalue weighted by Gasteiger charge is 2.05. The standard InChI is InChI=1S/C14H22N2O3/c1-3-4-5-8-19-10-14(17)16-11-6-7-13(18-2)12(15)9-11/h6-7,9H,3-5,8,10,15H2,1-2H3,(H,16,17). The number of rotatable bonds is 8. The highest BCUT2D eigenvalue weighted by atomic mass is 16.5. The minimum Gasteiger partial charge on any atom is -0.495 e. The normalized spacial score (nSPS) is 10.2. The summed E-state index contributed by atoms with van der Waals surface area (Å²) in [6.45, 7) is 2.81. The Hall–Kier alpha value is -1.75. The van der Waals surface area contributed by atoms with Gasteiger partial charge in [0.1, 0.15) is 12.4 Å². The van der Waals surface area contributed by atoms with Crippen LogP contribution in [0.4, 0.5) is 11.4 Å². The number of ether oxygens (including phenoxy) is 2. The largest absolute Gasteiger partial charge is 0.495 e. The molecule has 0 unspecified atom stereocenters. The first-order chi connectivity index (χ1) is 9.17. The van der Waals surface area contributed by atoms with E-state index in [2.05, 4.69) is 12.2 Å². The Kier molecular flexibility index (Phi) is 6.74. The average molecular weight is 266 g/mol. The van der Waals surface area contributed by atoms with Crippen molar-refractivity contribution in [3.8, 4) is 5.75 Å². The Balaban J connectivity index is 2.34. The molecule has 0 saturated carbocycles. The number of hydrogen-bond donors (Lipinski definition) is 2. The van der Waals surface area contributed by atoms with E-state index in [1.54, 1.807) is 25.3 Å². The van der Waals surface area contributed by atoms with E-state index in [1.807, 2.05) is 0 Å². The van der Waals surface area contributed by atoms with Gasteiger partial charge in [-0.3, -0.25) is 4.79 Å². The predicted molar refractivity (Wildman–Crippen MR) is 76.4 cm³/mol. The first-order valence-electron chi connectivity index (χ1n) is 6.48. The molecule has 0 aliphatic heterocycles. The van der Waals surface area contributed by atoms with Crippen LogP contribution in [0.2, 0.25) is 0 Å². The van der Waals surface area contributed by atoms with Gasteiger partial charge in [-0.05, 0) is 24.6 Å². The van der Waals surface area contributed by atoms with E-state index >= 15 is 0 Å². The van der Waals surface area contributed by atoms with E-state index in [1.165, 1.54) is 0 Å². The van der Waals surface area contributed by atoms with Crippen molar-refractivity contribution in [1.82, 2.24) is 0 Å². The fourth-order valence-corrected chi connectivity index (χ4v) is 1.63. The molecule has 0 atom stereocenters. The third-order valence-corrected chi connectivity index (χ3v) is 2.64. The Morgan fingerprint density at radius 2 is 2.16 bits per heavy atom. The van der Waals surface area contributed by atoms with Crippen LogP contribution in [-0.2, 0) is 9.53 Å². The highest BCUT2D eigenvalue weighted by molar-refractivity contribution is 5.92. The van der Waals surface area contributed by atoms with Crippen LogP contribution < -0.4 is 15.8 Å². The van der Waals surface area contributed by atoms with E-state index in [0.717, 1.165) is 19.3 Å². The number of anilines is 2. The van der Waals surface area contributed by atoms with Crippen molar-refractivity contribution in [2.45, 2.75) is 26.2 Å². The number of nitrogens with two attached hydrogens (primary N) is 1. The number of unbranched alkanes of at least 4 members (excludes halogenated alkanes) is 2. The lowest BCUT2D eigenvalue weighted by molar-refractivity contribution is -0.120. The molecule has 1 aromatic carbocycles. The third-order valence-electron chi connectivity index (χ3n) is 2.64. The molecule has 106 valence electrons. The number of benzene rings is 1. The maximum Gasteiger partial charge on any atom is 0.250 e. The fraction of sp³-hybridized carbons (Fsp3) is 0.500. The van der Waals surface area contributed by atoms with Gasteiger partial charge >= 0.3 is 0 Å². The van der Waals surface area contributed by atoms with E-state index in [-0.39, 0.29) is 12.5 Å². The third kappa shape index (κ3) is 5.61. The molecule has 1 aromatic rings. The van der Waals surface area contributed by atoms with Gasteiger partial charge in [0.05, 0.1) is 12.8 Å². The minimum absolute atomic E-state index is 0.0651. The second kappa shape index (κ2) is 8.37. The first kappa shape index (κ1) is 15.3. The summed E-state index contributed by atoms with van der Waals surface area (Å²) >= 11 is 0. The van der Waals surface area contributed by atoms with Crippen LogP contribution in [0.3, 0.4) is 0 Å². The lowest BCUT2D eigenvalue weighted by atomic mass is 10.2. The second-order valence-corrected chi connectivity index (χ2v) is 4.26. The van der Waals surface area contributed by atoms with Crippen LogP contribution in [0.25, 0.3) is 0 Å². The molecule has 0 saturated heterocycles. The molecular formula is C14H22N2O3. The smallest absolute Gasteiger partial charge is 0.250 e. The number of methoxy groups -OCH3 is 1. The number of nitrogen functional groups attached to an aromatic ring is 1. The van der Waals surface area contributed by atoms with Gasteiger partial charge in [-0.1, -0.05) is 19.8 Å². The lowest BCUT2D eigenvalue weighted by Crippen LogP contribution is -2.18. The van der Waals surface area contributed by atoms with Gasteiger partial charge in [0.25, 0.3) is 0 Å². The van der Waals surface area contributed by atoms with Crippen molar-refractivity contribution in [1.29, 1.82) is 0 Å². The van der Waals surface area contributed by atoms with E-state index < -0.39 is 0 Å². The van der Waals surface area contributed by atoms with Crippen LogP contribution in [0.1, 0.15) is 26.2 Å². The molecule has 1 amide bonds. The zero-order chi connectivity index (χ0) is 14.1. The molecule has 0 aliphatic rings. The van der Waals surface area contributed by atoms with Crippen LogP contribution in [0.15, 0.2) is 18.2 Å². The van der Waals surface area contributed by atoms with Crippen LogP contribution in [0, 0.1) is 0 Å². The number of nitrogens with one attached hydrogen (secondary N) is 1. The fourth-order valence-electron chi connectivity index (χ4n) is 1.63. The Labute approximate surface area is 114 Å². The van der Waals surface area contributed by atoms with Gasteiger partial charge in [-0.25, -0.2) is 0 Å². The number of amides is 1. The van der Waals surface area contributed by atoms with Gasteiger partial charge in [0.2, 0.25) is 5.91 Å². The van der Waals surface area contributed by atoms with Crippen LogP contribution in [0.5, 0.6) is 5.75 Å². The highest BCUT2D eigenvalue weighted by Crippen LogP contribution is 2.24. The molecular weight excluding hydrogens is 244 g/mol. The summed E-state index contributed by atoms with van der Waals surface area (Å²) in [6.07, 6.45) is 3.25. The summed E-state index contributed by atoms with van der Waals surface area (Å²) in [6, 6.07) is 5.12. The summed E-state index contributed by atoms with van der Waals surface area (Å²) < 4.78 is 10.3. The summed E-state index contributed by atoms with van der Waals surface area (Å²) in [4.78, 5) is 11.6. The molecule has 0 bridgehead atoms. The maximum absolute atomic E-state index is 11.6.